The molecule has 0 amide bonds. The minimum Gasteiger partial charge on any atom is -0.315 e. The first-order chi connectivity index (χ1) is 7.15. The van der Waals surface area contributed by atoms with Crippen LogP contribution in [-0.2, 0) is 10.0 Å². The quantitative estimate of drug-likeness (QED) is 0.753. The molecule has 1 heterocycles. The first-order valence-electron chi connectivity index (χ1n) is 5.87. The highest BCUT2D eigenvalue weighted by Gasteiger charge is 2.41. The summed E-state index contributed by atoms with van der Waals surface area (Å²) in [5, 5.41) is 3.24. The summed E-state index contributed by atoms with van der Waals surface area (Å²) in [4.78, 5) is 0. The summed E-state index contributed by atoms with van der Waals surface area (Å²) in [5.74, 6) is 0.306. The van der Waals surface area contributed by atoms with Gasteiger partial charge in [-0.3, -0.25) is 0 Å². The second kappa shape index (κ2) is 4.39. The highest BCUT2D eigenvalue weighted by atomic mass is 32.2. The van der Waals surface area contributed by atoms with Gasteiger partial charge in [-0.1, -0.05) is 6.92 Å². The summed E-state index contributed by atoms with van der Waals surface area (Å²) in [7, 11) is -3.00. The number of rotatable bonds is 5. The maximum Gasteiger partial charge on any atom is 0.214 e. The van der Waals surface area contributed by atoms with Gasteiger partial charge in [-0.25, -0.2) is 8.42 Å². The van der Waals surface area contributed by atoms with Crippen molar-refractivity contribution in [2.24, 2.45) is 0 Å². The Morgan fingerprint density at radius 1 is 1.27 bits per heavy atom. The average Bonchev–Trinajstić information content (AvgIpc) is 2.80. The van der Waals surface area contributed by atoms with Crippen LogP contribution in [0.2, 0.25) is 0 Å². The van der Waals surface area contributed by atoms with Crippen molar-refractivity contribution in [1.29, 1.82) is 0 Å². The summed E-state index contributed by atoms with van der Waals surface area (Å²) in [5.41, 5.74) is 0. The smallest absolute Gasteiger partial charge is 0.214 e. The predicted octanol–water partition coefficient (Wildman–Crippen LogP) is 0.552. The lowest BCUT2D eigenvalue weighted by Crippen LogP contribution is -2.44. The zero-order valence-electron chi connectivity index (χ0n) is 9.28. The van der Waals surface area contributed by atoms with Gasteiger partial charge in [-0.2, -0.15) is 4.31 Å². The van der Waals surface area contributed by atoms with Crippen molar-refractivity contribution in [2.45, 2.75) is 44.7 Å². The third-order valence-corrected chi connectivity index (χ3v) is 5.25. The Labute approximate surface area is 92.1 Å². The van der Waals surface area contributed by atoms with E-state index in [4.69, 9.17) is 0 Å². The van der Waals surface area contributed by atoms with Gasteiger partial charge < -0.3 is 5.32 Å². The van der Waals surface area contributed by atoms with Crippen LogP contribution in [0.4, 0.5) is 0 Å². The Bertz CT molecular complexity index is 305. The SMILES string of the molecule is CCCS(=O)(=O)N(C1CC1)C1CCNC1. The van der Waals surface area contributed by atoms with Gasteiger partial charge in [0, 0.05) is 18.6 Å². The molecule has 1 aliphatic heterocycles. The topological polar surface area (TPSA) is 49.4 Å². The van der Waals surface area contributed by atoms with E-state index in [-0.39, 0.29) is 6.04 Å². The fraction of sp³-hybridized carbons (Fsp3) is 1.00. The molecule has 2 fully saturated rings. The van der Waals surface area contributed by atoms with Crippen LogP contribution in [-0.4, -0.2) is 43.6 Å². The Kier molecular flexibility index (Phi) is 3.33. The minimum absolute atomic E-state index is 0.217. The van der Waals surface area contributed by atoms with Crippen molar-refractivity contribution in [3.63, 3.8) is 0 Å². The summed E-state index contributed by atoms with van der Waals surface area (Å²) in [6.45, 7) is 3.71. The molecule has 1 unspecified atom stereocenters. The second-order valence-electron chi connectivity index (χ2n) is 4.52. The van der Waals surface area contributed by atoms with Crippen LogP contribution in [0.25, 0.3) is 0 Å². The lowest BCUT2D eigenvalue weighted by atomic mass is 10.2. The Hall–Kier alpha value is -0.130. The van der Waals surface area contributed by atoms with Crippen molar-refractivity contribution in [1.82, 2.24) is 9.62 Å². The van der Waals surface area contributed by atoms with Crippen LogP contribution in [0.3, 0.4) is 0 Å². The van der Waals surface area contributed by atoms with E-state index in [1.54, 1.807) is 4.31 Å². The van der Waals surface area contributed by atoms with Crippen LogP contribution in [0.5, 0.6) is 0 Å². The van der Waals surface area contributed by atoms with E-state index in [0.29, 0.717) is 18.2 Å². The predicted molar refractivity (Wildman–Crippen MR) is 60.2 cm³/mol. The third kappa shape index (κ3) is 2.52. The molecule has 0 bridgehead atoms. The van der Waals surface area contributed by atoms with Crippen molar-refractivity contribution in [2.75, 3.05) is 18.8 Å². The molecular formula is C10H20N2O2S. The maximum absolute atomic E-state index is 12.1. The molecular weight excluding hydrogens is 212 g/mol. The number of nitrogens with zero attached hydrogens (tertiary/aromatic N) is 1. The van der Waals surface area contributed by atoms with Gasteiger partial charge in [0.25, 0.3) is 0 Å². The molecule has 0 aromatic heterocycles. The van der Waals surface area contributed by atoms with Crippen LogP contribution >= 0.6 is 0 Å². The lowest BCUT2D eigenvalue weighted by Gasteiger charge is -2.27. The van der Waals surface area contributed by atoms with Crippen LogP contribution in [0, 0.1) is 0 Å². The van der Waals surface area contributed by atoms with Gasteiger partial charge in [0.1, 0.15) is 0 Å². The van der Waals surface area contributed by atoms with E-state index in [9.17, 15) is 8.42 Å². The van der Waals surface area contributed by atoms with Crippen molar-refractivity contribution >= 4 is 10.0 Å². The molecule has 2 rings (SSSR count). The Morgan fingerprint density at radius 3 is 2.47 bits per heavy atom. The van der Waals surface area contributed by atoms with E-state index in [1.807, 2.05) is 6.92 Å². The normalized spacial score (nSPS) is 27.5. The molecule has 1 atom stereocenters. The van der Waals surface area contributed by atoms with E-state index >= 15 is 0 Å². The number of hydrogen-bond acceptors (Lipinski definition) is 3. The first-order valence-corrected chi connectivity index (χ1v) is 7.48. The van der Waals surface area contributed by atoms with E-state index < -0.39 is 10.0 Å². The highest BCUT2D eigenvalue weighted by Crippen LogP contribution is 2.33. The van der Waals surface area contributed by atoms with Gasteiger partial charge >= 0.3 is 0 Å². The van der Waals surface area contributed by atoms with Gasteiger partial charge in [-0.15, -0.1) is 0 Å². The van der Waals surface area contributed by atoms with Gasteiger partial charge in [0.15, 0.2) is 0 Å². The van der Waals surface area contributed by atoms with E-state index in [0.717, 1.165) is 32.4 Å². The monoisotopic (exact) mass is 232 g/mol. The van der Waals surface area contributed by atoms with Crippen LogP contribution < -0.4 is 5.32 Å². The Morgan fingerprint density at radius 2 is 2.00 bits per heavy atom. The number of sulfonamides is 1. The third-order valence-electron chi connectivity index (χ3n) is 3.08. The van der Waals surface area contributed by atoms with Crippen molar-refractivity contribution in [3.05, 3.63) is 0 Å². The molecule has 88 valence electrons. The molecule has 1 N–H and O–H groups in total. The molecule has 0 spiro atoms. The van der Waals surface area contributed by atoms with E-state index in [1.165, 1.54) is 0 Å². The molecule has 15 heavy (non-hydrogen) atoms. The maximum atomic E-state index is 12.1. The zero-order valence-corrected chi connectivity index (χ0v) is 10.1. The summed E-state index contributed by atoms with van der Waals surface area (Å²) in [6.07, 6.45) is 3.80. The molecule has 1 aliphatic carbocycles. The second-order valence-corrected chi connectivity index (χ2v) is 6.52. The summed E-state index contributed by atoms with van der Waals surface area (Å²) in [6, 6.07) is 0.528. The zero-order chi connectivity index (χ0) is 10.9. The standard InChI is InChI=1S/C10H20N2O2S/c1-2-7-15(13,14)12(9-3-4-9)10-5-6-11-8-10/h9-11H,2-8H2,1H3. The minimum atomic E-state index is -3.00. The number of hydrogen-bond donors (Lipinski definition) is 1. The molecule has 1 saturated carbocycles. The fourth-order valence-electron chi connectivity index (χ4n) is 2.30. The summed E-state index contributed by atoms with van der Waals surface area (Å²) >= 11 is 0. The average molecular weight is 232 g/mol. The fourth-order valence-corrected chi connectivity index (χ4v) is 4.33. The summed E-state index contributed by atoms with van der Waals surface area (Å²) < 4.78 is 26.0. The molecule has 2 aliphatic rings. The lowest BCUT2D eigenvalue weighted by molar-refractivity contribution is 0.327. The highest BCUT2D eigenvalue weighted by molar-refractivity contribution is 7.89. The molecule has 0 radical (unpaired) electrons. The van der Waals surface area contributed by atoms with Crippen molar-refractivity contribution in [3.8, 4) is 0 Å². The van der Waals surface area contributed by atoms with Gasteiger partial charge in [0.2, 0.25) is 10.0 Å². The van der Waals surface area contributed by atoms with Crippen molar-refractivity contribution < 1.29 is 8.42 Å². The van der Waals surface area contributed by atoms with Gasteiger partial charge in [0.05, 0.1) is 5.75 Å². The van der Waals surface area contributed by atoms with Crippen LogP contribution in [0.15, 0.2) is 0 Å². The van der Waals surface area contributed by atoms with Crippen LogP contribution in [0.1, 0.15) is 32.6 Å². The molecule has 5 heteroatoms. The molecule has 4 nitrogen and oxygen atoms in total. The molecule has 0 aromatic rings. The largest absolute Gasteiger partial charge is 0.315 e. The number of nitrogens with one attached hydrogen (secondary N) is 1. The molecule has 0 aromatic carbocycles. The van der Waals surface area contributed by atoms with Gasteiger partial charge in [-0.05, 0) is 32.2 Å². The van der Waals surface area contributed by atoms with E-state index in [2.05, 4.69) is 5.32 Å². The first kappa shape index (κ1) is 11.4. The molecule has 1 saturated heterocycles. The Balaban J connectivity index is 2.11.